The molecular formula is C19H21N3O. The summed E-state index contributed by atoms with van der Waals surface area (Å²) in [7, 11) is 1.70. The van der Waals surface area contributed by atoms with Crippen molar-refractivity contribution in [1.29, 1.82) is 5.26 Å². The van der Waals surface area contributed by atoms with E-state index in [9.17, 15) is 0 Å². The van der Waals surface area contributed by atoms with Crippen molar-refractivity contribution in [1.82, 2.24) is 9.55 Å². The summed E-state index contributed by atoms with van der Waals surface area (Å²) in [5, 5.41) is 11.1. The zero-order valence-corrected chi connectivity index (χ0v) is 13.7. The molecule has 0 fully saturated rings. The first-order valence-electron chi connectivity index (χ1n) is 8.04. The molecular weight excluding hydrogens is 286 g/mol. The number of aryl methyl sites for hydroxylation is 2. The van der Waals surface area contributed by atoms with Gasteiger partial charge < -0.3 is 9.30 Å². The van der Waals surface area contributed by atoms with Crippen LogP contribution < -0.4 is 4.74 Å². The lowest BCUT2D eigenvalue weighted by Gasteiger charge is -2.09. The molecule has 0 spiro atoms. The van der Waals surface area contributed by atoms with Crippen molar-refractivity contribution in [2.75, 3.05) is 7.11 Å². The molecule has 4 nitrogen and oxygen atoms in total. The summed E-state index contributed by atoms with van der Waals surface area (Å²) in [6.45, 7) is 3.00. The molecule has 0 atom stereocenters. The van der Waals surface area contributed by atoms with Gasteiger partial charge in [0.05, 0.1) is 29.9 Å². The van der Waals surface area contributed by atoms with Gasteiger partial charge in [0.1, 0.15) is 5.75 Å². The van der Waals surface area contributed by atoms with Gasteiger partial charge in [-0.15, -0.1) is 0 Å². The van der Waals surface area contributed by atoms with Gasteiger partial charge in [0.15, 0.2) is 0 Å². The molecule has 0 saturated carbocycles. The zero-order valence-electron chi connectivity index (χ0n) is 13.7. The van der Waals surface area contributed by atoms with Crippen molar-refractivity contribution in [2.24, 2.45) is 0 Å². The monoisotopic (exact) mass is 307 g/mol. The fourth-order valence-corrected chi connectivity index (χ4v) is 3.21. The van der Waals surface area contributed by atoms with E-state index >= 15 is 0 Å². The second-order valence-corrected chi connectivity index (χ2v) is 5.80. The SMILES string of the molecule is COc1ccc2c3ccnc(C)c3n(CCCCCC#N)c2c1. The predicted octanol–water partition coefficient (Wildman–Crippen LogP) is 4.59. The number of fused-ring (bicyclic) bond motifs is 3. The number of benzene rings is 1. The number of aromatic nitrogens is 2. The van der Waals surface area contributed by atoms with Crippen LogP contribution in [0.1, 0.15) is 31.4 Å². The van der Waals surface area contributed by atoms with Gasteiger partial charge in [0.2, 0.25) is 0 Å². The van der Waals surface area contributed by atoms with Crippen molar-refractivity contribution >= 4 is 21.8 Å². The molecule has 3 rings (SSSR count). The Balaban J connectivity index is 2.05. The molecule has 4 heteroatoms. The molecule has 0 bridgehead atoms. The van der Waals surface area contributed by atoms with Crippen molar-refractivity contribution < 1.29 is 4.74 Å². The quantitative estimate of drug-likeness (QED) is 0.626. The second kappa shape index (κ2) is 6.70. The van der Waals surface area contributed by atoms with Crippen LogP contribution >= 0.6 is 0 Å². The molecule has 0 aliphatic carbocycles. The number of nitriles is 1. The van der Waals surface area contributed by atoms with Crippen molar-refractivity contribution in [3.63, 3.8) is 0 Å². The van der Waals surface area contributed by atoms with E-state index in [-0.39, 0.29) is 0 Å². The average Bonchev–Trinajstić information content (AvgIpc) is 2.89. The maximum atomic E-state index is 8.65. The Morgan fingerprint density at radius 1 is 1.17 bits per heavy atom. The number of pyridine rings is 1. The Morgan fingerprint density at radius 2 is 2.04 bits per heavy atom. The minimum absolute atomic E-state index is 0.640. The fraction of sp³-hybridized carbons (Fsp3) is 0.368. The van der Waals surface area contributed by atoms with Crippen molar-refractivity contribution in [3.8, 4) is 11.8 Å². The van der Waals surface area contributed by atoms with Crippen LogP contribution in [0.25, 0.3) is 21.8 Å². The van der Waals surface area contributed by atoms with E-state index in [1.165, 1.54) is 21.8 Å². The fourth-order valence-electron chi connectivity index (χ4n) is 3.21. The van der Waals surface area contributed by atoms with Crippen LogP contribution in [-0.4, -0.2) is 16.7 Å². The van der Waals surface area contributed by atoms with Gasteiger partial charge in [0, 0.05) is 36.0 Å². The van der Waals surface area contributed by atoms with Gasteiger partial charge in [-0.25, -0.2) is 0 Å². The summed E-state index contributed by atoms with van der Waals surface area (Å²) in [5.41, 5.74) is 3.45. The third-order valence-electron chi connectivity index (χ3n) is 4.33. The van der Waals surface area contributed by atoms with E-state index in [4.69, 9.17) is 10.00 Å². The van der Waals surface area contributed by atoms with Crippen LogP contribution in [0.5, 0.6) is 5.75 Å². The highest BCUT2D eigenvalue weighted by atomic mass is 16.5. The lowest BCUT2D eigenvalue weighted by atomic mass is 10.1. The number of ether oxygens (including phenoxy) is 1. The van der Waals surface area contributed by atoms with Gasteiger partial charge in [-0.2, -0.15) is 5.26 Å². The van der Waals surface area contributed by atoms with Crippen LogP contribution in [0.4, 0.5) is 0 Å². The van der Waals surface area contributed by atoms with Gasteiger partial charge in [-0.05, 0) is 38.0 Å². The number of rotatable bonds is 6. The number of hydrogen-bond donors (Lipinski definition) is 0. The molecule has 0 radical (unpaired) electrons. The normalized spacial score (nSPS) is 11.0. The molecule has 0 saturated heterocycles. The maximum Gasteiger partial charge on any atom is 0.120 e. The van der Waals surface area contributed by atoms with Gasteiger partial charge in [-0.1, -0.05) is 6.42 Å². The Morgan fingerprint density at radius 3 is 2.83 bits per heavy atom. The smallest absolute Gasteiger partial charge is 0.120 e. The highest BCUT2D eigenvalue weighted by Crippen LogP contribution is 2.32. The third-order valence-corrected chi connectivity index (χ3v) is 4.33. The van der Waals surface area contributed by atoms with E-state index in [2.05, 4.69) is 40.7 Å². The van der Waals surface area contributed by atoms with E-state index < -0.39 is 0 Å². The molecule has 118 valence electrons. The Labute approximate surface area is 136 Å². The minimum atomic E-state index is 0.640. The first-order valence-corrected chi connectivity index (χ1v) is 8.04. The van der Waals surface area contributed by atoms with E-state index in [0.29, 0.717) is 6.42 Å². The Hall–Kier alpha value is -2.54. The van der Waals surface area contributed by atoms with Crippen LogP contribution in [0.3, 0.4) is 0 Å². The molecule has 23 heavy (non-hydrogen) atoms. The Bertz CT molecular complexity index is 874. The van der Waals surface area contributed by atoms with E-state index in [1.54, 1.807) is 7.11 Å². The van der Waals surface area contributed by atoms with Crippen molar-refractivity contribution in [3.05, 3.63) is 36.2 Å². The number of hydrogen-bond acceptors (Lipinski definition) is 3. The highest BCUT2D eigenvalue weighted by Gasteiger charge is 2.13. The molecule has 0 amide bonds. The van der Waals surface area contributed by atoms with Crippen LogP contribution in [0.2, 0.25) is 0 Å². The van der Waals surface area contributed by atoms with Gasteiger partial charge in [0.25, 0.3) is 0 Å². The summed E-state index contributed by atoms with van der Waals surface area (Å²) >= 11 is 0. The lowest BCUT2D eigenvalue weighted by Crippen LogP contribution is -2.00. The Kier molecular flexibility index (Phi) is 4.47. The van der Waals surface area contributed by atoms with Crippen LogP contribution in [-0.2, 0) is 6.54 Å². The number of nitrogens with zero attached hydrogens (tertiary/aromatic N) is 3. The highest BCUT2D eigenvalue weighted by molar-refractivity contribution is 6.09. The molecule has 0 unspecified atom stereocenters. The first-order chi connectivity index (χ1) is 11.3. The topological polar surface area (TPSA) is 50.8 Å². The zero-order chi connectivity index (χ0) is 16.2. The second-order valence-electron chi connectivity index (χ2n) is 5.80. The maximum absolute atomic E-state index is 8.65. The summed E-state index contributed by atoms with van der Waals surface area (Å²) in [4.78, 5) is 4.47. The molecule has 0 N–H and O–H groups in total. The standard InChI is InChI=1S/C19H21N3O/c1-14-19-17(9-11-21-14)16-8-7-15(23-2)13-18(16)22(19)12-6-4-3-5-10-20/h7-9,11,13H,3-6,12H2,1-2H3. The van der Waals surface area contributed by atoms with Crippen molar-refractivity contribution in [2.45, 2.75) is 39.2 Å². The summed E-state index contributed by atoms with van der Waals surface area (Å²) in [5.74, 6) is 0.872. The van der Waals surface area contributed by atoms with Crippen LogP contribution in [0, 0.1) is 18.3 Å². The molecule has 1 aromatic carbocycles. The third kappa shape index (κ3) is 2.87. The lowest BCUT2D eigenvalue weighted by molar-refractivity contribution is 0.415. The average molecular weight is 307 g/mol. The van der Waals surface area contributed by atoms with E-state index in [0.717, 1.165) is 37.3 Å². The van der Waals surface area contributed by atoms with E-state index in [1.807, 2.05) is 12.3 Å². The first kappa shape index (κ1) is 15.4. The largest absolute Gasteiger partial charge is 0.497 e. The molecule has 0 aliphatic rings. The van der Waals surface area contributed by atoms with Gasteiger partial charge >= 0.3 is 0 Å². The summed E-state index contributed by atoms with van der Waals surface area (Å²) in [6.07, 6.45) is 5.61. The van der Waals surface area contributed by atoms with Crippen LogP contribution in [0.15, 0.2) is 30.5 Å². The predicted molar refractivity (Wildman–Crippen MR) is 92.6 cm³/mol. The molecule has 2 heterocycles. The number of methoxy groups -OCH3 is 1. The minimum Gasteiger partial charge on any atom is -0.497 e. The summed E-state index contributed by atoms with van der Waals surface area (Å²) < 4.78 is 7.75. The molecule has 3 aromatic rings. The van der Waals surface area contributed by atoms with Gasteiger partial charge in [-0.3, -0.25) is 4.98 Å². The molecule has 0 aliphatic heterocycles. The number of unbranched alkanes of at least 4 members (excludes halogenated alkanes) is 3. The summed E-state index contributed by atoms with van der Waals surface area (Å²) in [6, 6.07) is 10.5. The molecule has 2 aromatic heterocycles.